The van der Waals surface area contributed by atoms with Crippen molar-refractivity contribution >= 4 is 5.69 Å². The summed E-state index contributed by atoms with van der Waals surface area (Å²) in [5.74, 6) is 0. The summed E-state index contributed by atoms with van der Waals surface area (Å²) in [5.41, 5.74) is 6.38. The molecule has 1 heterocycles. The molecule has 4 heteroatoms. The molecule has 1 N–H and O–H groups in total. The van der Waals surface area contributed by atoms with Crippen LogP contribution in [0.1, 0.15) is 35.2 Å². The normalized spacial score (nSPS) is 12.4. The second kappa shape index (κ2) is 6.76. The Kier molecular flexibility index (Phi) is 5.02. The summed E-state index contributed by atoms with van der Waals surface area (Å²) in [6, 6.07) is 4.73. The number of hydrogen-bond donors (Lipinski definition) is 1. The lowest BCUT2D eigenvalue weighted by molar-refractivity contribution is 0.183. The van der Waals surface area contributed by atoms with Crippen LogP contribution in [0, 0.1) is 20.8 Å². The van der Waals surface area contributed by atoms with Gasteiger partial charge in [-0.3, -0.25) is 4.68 Å². The second-order valence-corrected chi connectivity index (χ2v) is 5.66. The molecule has 1 aromatic carbocycles. The molecule has 2 rings (SSSR count). The monoisotopic (exact) mass is 287 g/mol. The molecule has 2 aromatic rings. The molecule has 0 aliphatic carbocycles. The first-order chi connectivity index (χ1) is 10.0. The van der Waals surface area contributed by atoms with Crippen molar-refractivity contribution in [3.63, 3.8) is 0 Å². The molecule has 1 unspecified atom stereocenters. The first kappa shape index (κ1) is 15.6. The van der Waals surface area contributed by atoms with Crippen LogP contribution in [0.15, 0.2) is 24.5 Å². The highest BCUT2D eigenvalue weighted by molar-refractivity contribution is 5.46. The van der Waals surface area contributed by atoms with Gasteiger partial charge in [0, 0.05) is 19.3 Å². The van der Waals surface area contributed by atoms with Crippen molar-refractivity contribution in [1.29, 1.82) is 0 Å². The third-order valence-electron chi connectivity index (χ3n) is 3.71. The van der Waals surface area contributed by atoms with Crippen molar-refractivity contribution in [2.24, 2.45) is 0 Å². The van der Waals surface area contributed by atoms with E-state index in [2.05, 4.69) is 50.2 Å². The van der Waals surface area contributed by atoms with Crippen molar-refractivity contribution in [3.8, 4) is 0 Å². The minimum absolute atomic E-state index is 0.255. The van der Waals surface area contributed by atoms with Gasteiger partial charge in [-0.05, 0) is 44.4 Å². The lowest BCUT2D eigenvalue weighted by Gasteiger charge is -2.20. The Balaban J connectivity index is 2.11. The van der Waals surface area contributed by atoms with Crippen molar-refractivity contribution < 1.29 is 4.74 Å². The maximum absolute atomic E-state index is 5.07. The molecular weight excluding hydrogens is 262 g/mol. The van der Waals surface area contributed by atoms with Gasteiger partial charge in [0.25, 0.3) is 0 Å². The van der Waals surface area contributed by atoms with E-state index in [0.29, 0.717) is 6.61 Å². The van der Waals surface area contributed by atoms with Gasteiger partial charge in [0.1, 0.15) is 0 Å². The molecule has 114 valence electrons. The Labute approximate surface area is 127 Å². The van der Waals surface area contributed by atoms with E-state index >= 15 is 0 Å². The van der Waals surface area contributed by atoms with Crippen LogP contribution in [0.4, 0.5) is 5.69 Å². The Morgan fingerprint density at radius 2 is 1.90 bits per heavy atom. The summed E-state index contributed by atoms with van der Waals surface area (Å²) >= 11 is 0. The van der Waals surface area contributed by atoms with Crippen LogP contribution >= 0.6 is 0 Å². The van der Waals surface area contributed by atoms with Gasteiger partial charge < -0.3 is 10.1 Å². The molecular formula is C17H25N3O. The fourth-order valence-corrected chi connectivity index (χ4v) is 2.94. The number of rotatable bonds is 6. The van der Waals surface area contributed by atoms with E-state index in [1.165, 1.54) is 22.3 Å². The average molecular weight is 287 g/mol. The smallest absolute Gasteiger partial charge is 0.0731 e. The molecule has 21 heavy (non-hydrogen) atoms. The van der Waals surface area contributed by atoms with Crippen LogP contribution < -0.4 is 5.32 Å². The number of nitrogens with zero attached hydrogens (tertiary/aromatic N) is 2. The predicted octanol–water partition coefficient (Wildman–Crippen LogP) is 3.63. The predicted molar refractivity (Wildman–Crippen MR) is 86.8 cm³/mol. The van der Waals surface area contributed by atoms with E-state index in [0.717, 1.165) is 12.2 Å². The van der Waals surface area contributed by atoms with Gasteiger partial charge in [-0.2, -0.15) is 5.10 Å². The van der Waals surface area contributed by atoms with Crippen LogP contribution in [-0.2, 0) is 11.3 Å². The Bertz CT molecular complexity index is 581. The minimum atomic E-state index is 0.255. The van der Waals surface area contributed by atoms with Gasteiger partial charge >= 0.3 is 0 Å². The molecule has 0 saturated carbocycles. The first-order valence-corrected chi connectivity index (χ1v) is 7.37. The summed E-state index contributed by atoms with van der Waals surface area (Å²) in [6.45, 7) is 10.1. The third-order valence-corrected chi connectivity index (χ3v) is 3.71. The minimum Gasteiger partial charge on any atom is -0.383 e. The molecule has 0 saturated heterocycles. The van der Waals surface area contributed by atoms with Gasteiger partial charge in [0.05, 0.1) is 25.0 Å². The van der Waals surface area contributed by atoms with Gasteiger partial charge in [0.2, 0.25) is 0 Å². The molecule has 0 aliphatic heterocycles. The summed E-state index contributed by atoms with van der Waals surface area (Å²) in [4.78, 5) is 0. The van der Waals surface area contributed by atoms with Crippen molar-refractivity contribution in [2.45, 2.75) is 40.3 Å². The van der Waals surface area contributed by atoms with Crippen molar-refractivity contribution in [2.75, 3.05) is 19.0 Å². The Morgan fingerprint density at radius 1 is 1.24 bits per heavy atom. The van der Waals surface area contributed by atoms with E-state index in [1.807, 2.05) is 17.1 Å². The van der Waals surface area contributed by atoms with Gasteiger partial charge in [-0.25, -0.2) is 0 Å². The number of aryl methyl sites for hydroxylation is 3. The van der Waals surface area contributed by atoms with Crippen LogP contribution in [0.5, 0.6) is 0 Å². The summed E-state index contributed by atoms with van der Waals surface area (Å²) in [6.07, 6.45) is 3.89. The van der Waals surface area contributed by atoms with E-state index in [4.69, 9.17) is 4.74 Å². The van der Waals surface area contributed by atoms with E-state index in [1.54, 1.807) is 7.11 Å². The molecule has 0 fully saturated rings. The molecule has 0 radical (unpaired) electrons. The Morgan fingerprint density at radius 3 is 2.52 bits per heavy atom. The molecule has 0 aliphatic rings. The number of anilines is 1. The van der Waals surface area contributed by atoms with Crippen LogP contribution in [0.2, 0.25) is 0 Å². The third kappa shape index (κ3) is 3.85. The zero-order valence-corrected chi connectivity index (χ0v) is 13.6. The number of ether oxygens (including phenoxy) is 1. The lowest BCUT2D eigenvalue weighted by atomic mass is 9.95. The largest absolute Gasteiger partial charge is 0.383 e. The maximum atomic E-state index is 5.07. The summed E-state index contributed by atoms with van der Waals surface area (Å²) < 4.78 is 6.96. The van der Waals surface area contributed by atoms with E-state index in [-0.39, 0.29) is 6.04 Å². The SMILES string of the molecule is COCCn1cc(NC(C)c2c(C)cc(C)cc2C)cn1. The standard InChI is InChI=1S/C17H25N3O/c1-12-8-13(2)17(14(3)9-12)15(4)19-16-10-18-20(11-16)6-7-21-5/h8-11,15,19H,6-7H2,1-5H3. The molecule has 1 atom stereocenters. The van der Waals surface area contributed by atoms with E-state index < -0.39 is 0 Å². The highest BCUT2D eigenvalue weighted by Crippen LogP contribution is 2.26. The molecule has 0 bridgehead atoms. The van der Waals surface area contributed by atoms with Crippen molar-refractivity contribution in [1.82, 2.24) is 9.78 Å². The van der Waals surface area contributed by atoms with Crippen LogP contribution in [-0.4, -0.2) is 23.5 Å². The van der Waals surface area contributed by atoms with Crippen LogP contribution in [0.25, 0.3) is 0 Å². The topological polar surface area (TPSA) is 39.1 Å². The number of aromatic nitrogens is 2. The number of methoxy groups -OCH3 is 1. The van der Waals surface area contributed by atoms with Crippen molar-refractivity contribution in [3.05, 3.63) is 46.8 Å². The first-order valence-electron chi connectivity index (χ1n) is 7.37. The second-order valence-electron chi connectivity index (χ2n) is 5.66. The fourth-order valence-electron chi connectivity index (χ4n) is 2.94. The molecule has 0 spiro atoms. The highest BCUT2D eigenvalue weighted by Gasteiger charge is 2.12. The van der Waals surface area contributed by atoms with Gasteiger partial charge in [-0.1, -0.05) is 17.7 Å². The highest BCUT2D eigenvalue weighted by atomic mass is 16.5. The number of nitrogens with one attached hydrogen (secondary N) is 1. The van der Waals surface area contributed by atoms with Crippen LogP contribution in [0.3, 0.4) is 0 Å². The number of benzene rings is 1. The average Bonchev–Trinajstić information content (AvgIpc) is 2.82. The number of hydrogen-bond acceptors (Lipinski definition) is 3. The molecule has 0 amide bonds. The fraction of sp³-hybridized carbons (Fsp3) is 0.471. The quantitative estimate of drug-likeness (QED) is 0.882. The maximum Gasteiger partial charge on any atom is 0.0731 e. The Hall–Kier alpha value is -1.81. The van der Waals surface area contributed by atoms with Gasteiger partial charge in [0.15, 0.2) is 0 Å². The zero-order chi connectivity index (χ0) is 15.4. The molecule has 1 aromatic heterocycles. The van der Waals surface area contributed by atoms with E-state index in [9.17, 15) is 0 Å². The lowest BCUT2D eigenvalue weighted by Crippen LogP contribution is -2.10. The van der Waals surface area contributed by atoms with Gasteiger partial charge in [-0.15, -0.1) is 0 Å². The summed E-state index contributed by atoms with van der Waals surface area (Å²) in [7, 11) is 1.70. The zero-order valence-electron chi connectivity index (χ0n) is 13.6. The summed E-state index contributed by atoms with van der Waals surface area (Å²) in [5, 5.41) is 7.87. The molecule has 4 nitrogen and oxygen atoms in total.